The van der Waals surface area contributed by atoms with Gasteiger partial charge in [0.15, 0.2) is 18.3 Å². The summed E-state index contributed by atoms with van der Waals surface area (Å²) in [5.41, 5.74) is 0. The van der Waals surface area contributed by atoms with Crippen molar-refractivity contribution >= 4 is 23.9 Å². The summed E-state index contributed by atoms with van der Waals surface area (Å²) in [4.78, 5) is 45.6. The smallest absolute Gasteiger partial charge is 0.335 e. The normalized spacial score (nSPS) is 34.3. The first kappa shape index (κ1) is 19.1. The summed E-state index contributed by atoms with van der Waals surface area (Å²) in [6.07, 6.45) is -6.26. The van der Waals surface area contributed by atoms with E-state index in [4.69, 9.17) is 28.4 Å². The molecule has 0 aromatic heterocycles. The molecule has 10 nitrogen and oxygen atoms in total. The molecule has 0 amide bonds. The number of hydrogen-bond acceptors (Lipinski definition) is 10. The predicted molar refractivity (Wildman–Crippen MR) is 76.8 cm³/mol. The van der Waals surface area contributed by atoms with Crippen molar-refractivity contribution in [2.45, 2.75) is 64.5 Å². The largest absolute Gasteiger partial charge is 0.463 e. The summed E-state index contributed by atoms with van der Waals surface area (Å²) in [5, 5.41) is 0. The molecule has 6 unspecified atom stereocenters. The van der Waals surface area contributed by atoms with Crippen LogP contribution in [-0.2, 0) is 47.6 Å². The maximum absolute atomic E-state index is 11.8. The number of esters is 4. The summed E-state index contributed by atoms with van der Waals surface area (Å²) >= 11 is 0. The Kier molecular flexibility index (Phi) is 5.96. The molecule has 0 N–H and O–H groups in total. The molecular formula is C15H20O10. The van der Waals surface area contributed by atoms with Gasteiger partial charge in [0, 0.05) is 20.8 Å². The molecule has 2 heterocycles. The molecule has 2 rings (SSSR count). The van der Waals surface area contributed by atoms with Crippen molar-refractivity contribution in [2.75, 3.05) is 6.61 Å². The van der Waals surface area contributed by atoms with Crippen LogP contribution in [0.4, 0.5) is 0 Å². The predicted octanol–water partition coefficient (Wildman–Crippen LogP) is -0.532. The summed E-state index contributed by atoms with van der Waals surface area (Å²) in [5.74, 6) is -2.53. The lowest BCUT2D eigenvalue weighted by molar-refractivity contribution is -0.323. The Morgan fingerprint density at radius 1 is 0.960 bits per heavy atom. The zero-order chi connectivity index (χ0) is 18.7. The highest BCUT2D eigenvalue weighted by atomic mass is 16.8. The SMILES string of the molecule is CC(=O)OCC1OC(OC(C)=O)C2OC(=O)C(C)OC2C1OC(C)=O. The van der Waals surface area contributed by atoms with E-state index in [-0.39, 0.29) is 6.61 Å². The molecule has 0 bridgehead atoms. The Bertz CT molecular complexity index is 559. The lowest BCUT2D eigenvalue weighted by atomic mass is 9.97. The Balaban J connectivity index is 2.29. The third-order valence-corrected chi connectivity index (χ3v) is 3.57. The summed E-state index contributed by atoms with van der Waals surface area (Å²) in [6.45, 7) is 4.76. The van der Waals surface area contributed by atoms with Crippen molar-refractivity contribution in [3.8, 4) is 0 Å². The van der Waals surface area contributed by atoms with Crippen LogP contribution in [0.5, 0.6) is 0 Å². The van der Waals surface area contributed by atoms with E-state index in [9.17, 15) is 19.2 Å². The first-order valence-electron chi connectivity index (χ1n) is 7.68. The topological polar surface area (TPSA) is 124 Å². The van der Waals surface area contributed by atoms with E-state index >= 15 is 0 Å². The van der Waals surface area contributed by atoms with Crippen molar-refractivity contribution in [2.24, 2.45) is 0 Å². The molecule has 0 spiro atoms. The van der Waals surface area contributed by atoms with Crippen LogP contribution in [0.25, 0.3) is 0 Å². The number of hydrogen-bond donors (Lipinski definition) is 0. The lowest BCUT2D eigenvalue weighted by Gasteiger charge is -2.47. The van der Waals surface area contributed by atoms with Crippen LogP contribution in [0.1, 0.15) is 27.7 Å². The number of carbonyl (C=O) groups excluding carboxylic acids is 4. The van der Waals surface area contributed by atoms with Crippen LogP contribution >= 0.6 is 0 Å². The van der Waals surface area contributed by atoms with Gasteiger partial charge in [0.05, 0.1) is 0 Å². The van der Waals surface area contributed by atoms with E-state index < -0.39 is 60.7 Å². The second-order valence-corrected chi connectivity index (χ2v) is 5.67. The van der Waals surface area contributed by atoms with Gasteiger partial charge in [-0.15, -0.1) is 0 Å². The highest BCUT2D eigenvalue weighted by Gasteiger charge is 2.55. The molecule has 2 saturated heterocycles. The molecular weight excluding hydrogens is 340 g/mol. The summed E-state index contributed by atoms with van der Waals surface area (Å²) in [6, 6.07) is 0. The fourth-order valence-electron chi connectivity index (χ4n) is 2.61. The maximum Gasteiger partial charge on any atom is 0.335 e. The van der Waals surface area contributed by atoms with E-state index in [0.29, 0.717) is 0 Å². The molecule has 25 heavy (non-hydrogen) atoms. The number of fused-ring (bicyclic) bond motifs is 1. The van der Waals surface area contributed by atoms with E-state index in [1.807, 2.05) is 0 Å². The van der Waals surface area contributed by atoms with Crippen LogP contribution in [0.3, 0.4) is 0 Å². The second-order valence-electron chi connectivity index (χ2n) is 5.67. The van der Waals surface area contributed by atoms with Crippen LogP contribution in [0.15, 0.2) is 0 Å². The average molecular weight is 360 g/mol. The lowest BCUT2D eigenvalue weighted by Crippen LogP contribution is -2.66. The number of rotatable bonds is 4. The zero-order valence-corrected chi connectivity index (χ0v) is 14.3. The first-order valence-corrected chi connectivity index (χ1v) is 7.68. The molecule has 0 aliphatic carbocycles. The molecule has 2 aliphatic rings. The molecule has 140 valence electrons. The third-order valence-electron chi connectivity index (χ3n) is 3.57. The van der Waals surface area contributed by atoms with Gasteiger partial charge in [-0.05, 0) is 6.92 Å². The van der Waals surface area contributed by atoms with Crippen LogP contribution in [0.2, 0.25) is 0 Å². The van der Waals surface area contributed by atoms with Gasteiger partial charge in [-0.1, -0.05) is 0 Å². The molecule has 0 radical (unpaired) electrons. The Labute approximate surface area is 143 Å². The Morgan fingerprint density at radius 2 is 1.60 bits per heavy atom. The van der Waals surface area contributed by atoms with Gasteiger partial charge in [0.25, 0.3) is 0 Å². The van der Waals surface area contributed by atoms with Crippen molar-refractivity contribution in [1.29, 1.82) is 0 Å². The first-order chi connectivity index (χ1) is 11.7. The Hall–Kier alpha value is -2.20. The van der Waals surface area contributed by atoms with Crippen LogP contribution < -0.4 is 0 Å². The highest BCUT2D eigenvalue weighted by Crippen LogP contribution is 2.33. The molecule has 2 aliphatic heterocycles. The number of ether oxygens (including phenoxy) is 6. The molecule has 6 atom stereocenters. The average Bonchev–Trinajstić information content (AvgIpc) is 2.49. The zero-order valence-electron chi connectivity index (χ0n) is 14.3. The molecule has 0 aromatic rings. The highest BCUT2D eigenvalue weighted by molar-refractivity contribution is 5.75. The molecule has 0 saturated carbocycles. The van der Waals surface area contributed by atoms with E-state index in [1.54, 1.807) is 0 Å². The summed E-state index contributed by atoms with van der Waals surface area (Å²) < 4.78 is 31.6. The minimum atomic E-state index is -1.29. The van der Waals surface area contributed by atoms with Gasteiger partial charge in [-0.3, -0.25) is 14.4 Å². The van der Waals surface area contributed by atoms with Crippen molar-refractivity contribution in [1.82, 2.24) is 0 Å². The fraction of sp³-hybridized carbons (Fsp3) is 0.733. The van der Waals surface area contributed by atoms with Crippen molar-refractivity contribution in [3.63, 3.8) is 0 Å². The minimum Gasteiger partial charge on any atom is -0.463 e. The van der Waals surface area contributed by atoms with Crippen molar-refractivity contribution < 1.29 is 47.6 Å². The van der Waals surface area contributed by atoms with Crippen molar-refractivity contribution in [3.05, 3.63) is 0 Å². The maximum atomic E-state index is 11.8. The quantitative estimate of drug-likeness (QED) is 0.477. The third kappa shape index (κ3) is 4.67. The van der Waals surface area contributed by atoms with Gasteiger partial charge < -0.3 is 28.4 Å². The van der Waals surface area contributed by atoms with Crippen LogP contribution in [0, 0.1) is 0 Å². The number of carbonyl (C=O) groups is 4. The molecule has 2 fully saturated rings. The standard InChI is InChI=1S/C15H20O10/c1-6-14(19)25-13-12(21-6)11(22-8(3)17)10(5-20-7(2)16)24-15(13)23-9(4)18/h6,10-13,15H,5H2,1-4H3. The monoisotopic (exact) mass is 360 g/mol. The van der Waals surface area contributed by atoms with Gasteiger partial charge >= 0.3 is 23.9 Å². The van der Waals surface area contributed by atoms with Gasteiger partial charge in [0.1, 0.15) is 18.8 Å². The fourth-order valence-corrected chi connectivity index (χ4v) is 2.61. The second kappa shape index (κ2) is 7.79. The van der Waals surface area contributed by atoms with Crippen LogP contribution in [-0.4, -0.2) is 67.3 Å². The van der Waals surface area contributed by atoms with Gasteiger partial charge in [-0.25, -0.2) is 4.79 Å². The van der Waals surface area contributed by atoms with Gasteiger partial charge in [0.2, 0.25) is 6.29 Å². The van der Waals surface area contributed by atoms with Gasteiger partial charge in [-0.2, -0.15) is 0 Å². The molecule has 10 heteroatoms. The van der Waals surface area contributed by atoms with E-state index in [2.05, 4.69) is 0 Å². The molecule has 0 aromatic carbocycles. The minimum absolute atomic E-state index is 0.264. The van der Waals surface area contributed by atoms with E-state index in [1.165, 1.54) is 20.8 Å². The Morgan fingerprint density at radius 3 is 2.16 bits per heavy atom. The summed E-state index contributed by atoms with van der Waals surface area (Å²) in [7, 11) is 0. The van der Waals surface area contributed by atoms with E-state index in [0.717, 1.165) is 6.92 Å².